The standard InChI is InChI=1S/C21H20F4N4O4/c1-10-6-21(24,25)11(2)27-9-29(10)28-8-14(17(30)18(31)16(28)20(27)33)19(32)26-7-12-3-4-13(22)5-15(12)23/h3-5,8,10-11,31H,6-7,9H2,1-2H3,(H,26,32). The van der Waals surface area contributed by atoms with Crippen LogP contribution < -0.4 is 15.8 Å². The van der Waals surface area contributed by atoms with E-state index in [0.29, 0.717) is 6.07 Å². The van der Waals surface area contributed by atoms with Crippen molar-refractivity contribution < 1.29 is 32.3 Å². The van der Waals surface area contributed by atoms with Crippen LogP contribution in [0.3, 0.4) is 0 Å². The van der Waals surface area contributed by atoms with Crippen LogP contribution in [0.25, 0.3) is 0 Å². The second-order valence-electron chi connectivity index (χ2n) is 8.18. The number of carbonyl (C=O) groups excluding carboxylic acids is 2. The first-order valence-electron chi connectivity index (χ1n) is 10.1. The number of aromatic hydroxyl groups is 1. The summed E-state index contributed by atoms with van der Waals surface area (Å²) in [7, 11) is 0. The summed E-state index contributed by atoms with van der Waals surface area (Å²) in [5.74, 6) is -7.94. The summed E-state index contributed by atoms with van der Waals surface area (Å²) < 4.78 is 57.1. The van der Waals surface area contributed by atoms with Gasteiger partial charge in [-0.3, -0.25) is 24.1 Å². The Morgan fingerprint density at radius 3 is 2.61 bits per heavy atom. The highest BCUT2D eigenvalue weighted by Crippen LogP contribution is 2.36. The highest BCUT2D eigenvalue weighted by molar-refractivity contribution is 5.99. The zero-order valence-corrected chi connectivity index (χ0v) is 17.6. The third-order valence-corrected chi connectivity index (χ3v) is 6.06. The van der Waals surface area contributed by atoms with Gasteiger partial charge in [-0.15, -0.1) is 0 Å². The Morgan fingerprint density at radius 1 is 1.24 bits per heavy atom. The number of benzene rings is 1. The fourth-order valence-electron chi connectivity index (χ4n) is 4.06. The number of hydrogen-bond donors (Lipinski definition) is 2. The van der Waals surface area contributed by atoms with Crippen molar-refractivity contribution in [1.29, 1.82) is 0 Å². The number of amides is 2. The quantitative estimate of drug-likeness (QED) is 0.672. The van der Waals surface area contributed by atoms with Crippen LogP contribution >= 0.6 is 0 Å². The zero-order valence-electron chi connectivity index (χ0n) is 17.6. The van der Waals surface area contributed by atoms with Gasteiger partial charge in [0.2, 0.25) is 5.43 Å². The second kappa shape index (κ2) is 7.78. The van der Waals surface area contributed by atoms with Crippen LogP contribution in [-0.4, -0.2) is 51.2 Å². The fraction of sp³-hybridized carbons (Fsp3) is 0.381. The number of pyridine rings is 1. The van der Waals surface area contributed by atoms with Crippen molar-refractivity contribution in [1.82, 2.24) is 14.9 Å². The van der Waals surface area contributed by atoms with Crippen LogP contribution in [0, 0.1) is 11.6 Å². The number of carbonyl (C=O) groups is 2. The molecule has 2 unspecified atom stereocenters. The lowest BCUT2D eigenvalue weighted by molar-refractivity contribution is -0.0653. The van der Waals surface area contributed by atoms with E-state index in [4.69, 9.17) is 0 Å². The van der Waals surface area contributed by atoms with Crippen molar-refractivity contribution in [2.75, 3.05) is 11.7 Å². The molecule has 2 bridgehead atoms. The molecule has 0 radical (unpaired) electrons. The number of fused-ring (bicyclic) bond motifs is 4. The molecule has 0 saturated carbocycles. The maximum Gasteiger partial charge on any atom is 0.278 e. The Balaban J connectivity index is 1.72. The summed E-state index contributed by atoms with van der Waals surface area (Å²) in [6, 6.07) is 0.463. The Hall–Kier alpha value is -3.57. The first-order chi connectivity index (χ1) is 15.4. The van der Waals surface area contributed by atoms with E-state index < -0.39 is 70.3 Å². The largest absolute Gasteiger partial charge is 0.502 e. The van der Waals surface area contributed by atoms with E-state index in [1.165, 1.54) is 18.9 Å². The lowest BCUT2D eigenvalue weighted by atomic mass is 10.0. The summed E-state index contributed by atoms with van der Waals surface area (Å²) >= 11 is 0. The molecule has 4 rings (SSSR count). The molecular weight excluding hydrogens is 448 g/mol. The van der Waals surface area contributed by atoms with Gasteiger partial charge < -0.3 is 15.3 Å². The summed E-state index contributed by atoms with van der Waals surface area (Å²) in [6.07, 6.45) is 0.392. The molecule has 3 heterocycles. The average Bonchev–Trinajstić information content (AvgIpc) is 2.81. The molecule has 12 heteroatoms. The van der Waals surface area contributed by atoms with Gasteiger partial charge in [0, 0.05) is 30.8 Å². The molecule has 1 saturated heterocycles. The van der Waals surface area contributed by atoms with Crippen molar-refractivity contribution in [3.05, 3.63) is 63.1 Å². The fourth-order valence-corrected chi connectivity index (χ4v) is 4.06. The molecule has 176 valence electrons. The topological polar surface area (TPSA) is 94.9 Å². The molecule has 2 N–H and O–H groups in total. The van der Waals surface area contributed by atoms with Gasteiger partial charge in [0.25, 0.3) is 17.7 Å². The van der Waals surface area contributed by atoms with Crippen LogP contribution in [0.15, 0.2) is 29.2 Å². The maximum atomic E-state index is 14.6. The molecule has 1 fully saturated rings. The number of nitrogens with one attached hydrogen (secondary N) is 1. The van der Waals surface area contributed by atoms with Crippen LogP contribution in [-0.2, 0) is 6.54 Å². The van der Waals surface area contributed by atoms with Crippen molar-refractivity contribution >= 4 is 11.8 Å². The van der Waals surface area contributed by atoms with Crippen LogP contribution in [0.2, 0.25) is 0 Å². The predicted molar refractivity (Wildman–Crippen MR) is 108 cm³/mol. The lowest BCUT2D eigenvalue weighted by Crippen LogP contribution is -2.58. The first kappa shape index (κ1) is 22.6. The minimum atomic E-state index is -3.22. The van der Waals surface area contributed by atoms with Gasteiger partial charge in [0.1, 0.15) is 23.9 Å². The van der Waals surface area contributed by atoms with E-state index in [1.807, 2.05) is 0 Å². The highest BCUT2D eigenvalue weighted by Gasteiger charge is 2.51. The summed E-state index contributed by atoms with van der Waals surface area (Å²) in [4.78, 5) is 39.1. The lowest BCUT2D eigenvalue weighted by Gasteiger charge is -2.41. The minimum Gasteiger partial charge on any atom is -0.502 e. The maximum absolute atomic E-state index is 14.6. The van der Waals surface area contributed by atoms with Gasteiger partial charge in [-0.25, -0.2) is 17.6 Å². The minimum absolute atomic E-state index is 0.0461. The molecule has 2 aliphatic heterocycles. The van der Waals surface area contributed by atoms with E-state index >= 15 is 0 Å². The summed E-state index contributed by atoms with van der Waals surface area (Å²) in [5.41, 5.74) is -2.32. The molecule has 2 aliphatic rings. The molecule has 1 aromatic heterocycles. The zero-order chi connectivity index (χ0) is 24.2. The number of nitrogens with zero attached hydrogens (tertiary/aromatic N) is 3. The Labute approximate surface area is 185 Å². The first-order valence-corrected chi connectivity index (χ1v) is 10.1. The molecule has 2 amide bonds. The highest BCUT2D eigenvalue weighted by atomic mass is 19.3. The molecule has 0 spiro atoms. The summed E-state index contributed by atoms with van der Waals surface area (Å²) in [6.45, 7) is 2.06. The van der Waals surface area contributed by atoms with Crippen molar-refractivity contribution in [3.63, 3.8) is 0 Å². The molecule has 33 heavy (non-hydrogen) atoms. The van der Waals surface area contributed by atoms with Crippen LogP contribution in [0.1, 0.15) is 46.7 Å². The second-order valence-corrected chi connectivity index (χ2v) is 8.18. The predicted octanol–water partition coefficient (Wildman–Crippen LogP) is 1.93. The number of hydrogen-bond acceptors (Lipinski definition) is 5. The number of halogens is 4. The van der Waals surface area contributed by atoms with Crippen molar-refractivity contribution in [3.8, 4) is 5.75 Å². The van der Waals surface area contributed by atoms with E-state index in [0.717, 1.165) is 27.9 Å². The Morgan fingerprint density at radius 2 is 1.94 bits per heavy atom. The molecule has 0 aliphatic carbocycles. The molecular formula is C21H20F4N4O4. The number of rotatable bonds is 3. The Bertz CT molecular complexity index is 1220. The Kier molecular flexibility index (Phi) is 5.33. The van der Waals surface area contributed by atoms with Gasteiger partial charge in [0.05, 0.1) is 12.1 Å². The monoisotopic (exact) mass is 468 g/mol. The number of aromatic nitrogens is 1. The third kappa shape index (κ3) is 3.68. The molecule has 2 aromatic rings. The molecule has 2 atom stereocenters. The normalized spacial score (nSPS) is 21.5. The third-order valence-electron chi connectivity index (χ3n) is 6.06. The summed E-state index contributed by atoms with van der Waals surface area (Å²) in [5, 5.41) is 14.1. The van der Waals surface area contributed by atoms with E-state index in [9.17, 15) is 37.1 Å². The molecule has 8 nitrogen and oxygen atoms in total. The van der Waals surface area contributed by atoms with Crippen LogP contribution in [0.4, 0.5) is 17.6 Å². The van der Waals surface area contributed by atoms with Crippen molar-refractivity contribution in [2.24, 2.45) is 0 Å². The van der Waals surface area contributed by atoms with Gasteiger partial charge in [-0.2, -0.15) is 0 Å². The van der Waals surface area contributed by atoms with Gasteiger partial charge >= 0.3 is 0 Å². The van der Waals surface area contributed by atoms with Crippen LogP contribution in [0.5, 0.6) is 5.75 Å². The SMILES string of the molecule is CC1CC(F)(F)C(C)N2CN1n1cc(C(=O)NCc3ccc(F)cc3F)c(=O)c(O)c1C2=O. The number of alkyl halides is 2. The van der Waals surface area contributed by atoms with E-state index in [-0.39, 0.29) is 18.8 Å². The average molecular weight is 468 g/mol. The molecule has 1 aromatic carbocycles. The van der Waals surface area contributed by atoms with Crippen molar-refractivity contribution in [2.45, 2.75) is 44.8 Å². The van der Waals surface area contributed by atoms with Gasteiger partial charge in [0.15, 0.2) is 11.4 Å². The van der Waals surface area contributed by atoms with Gasteiger partial charge in [-0.1, -0.05) is 6.07 Å². The van der Waals surface area contributed by atoms with E-state index in [2.05, 4.69) is 5.32 Å². The van der Waals surface area contributed by atoms with Gasteiger partial charge in [-0.05, 0) is 19.9 Å². The smallest absolute Gasteiger partial charge is 0.278 e. The van der Waals surface area contributed by atoms with E-state index in [1.54, 1.807) is 0 Å².